The number of rotatable bonds is 7. The van der Waals surface area contributed by atoms with Crippen molar-refractivity contribution in [3.63, 3.8) is 0 Å². The number of nitrogens with one attached hydrogen (secondary N) is 2. The molecule has 0 saturated carbocycles. The molecule has 1 aromatic heterocycles. The second-order valence-electron chi connectivity index (χ2n) is 6.50. The monoisotopic (exact) mass is 335 g/mol. The SMILES string of the molecule is CNc1cc([C@H]2CCCNC2)nc(CN(C)C(=O)COC(C)C)n1. The highest BCUT2D eigenvalue weighted by atomic mass is 16.5. The minimum Gasteiger partial charge on any atom is -0.373 e. The molecule has 24 heavy (non-hydrogen) atoms. The lowest BCUT2D eigenvalue weighted by Crippen LogP contribution is -2.32. The van der Waals surface area contributed by atoms with Crippen LogP contribution in [0.25, 0.3) is 0 Å². The molecule has 0 unspecified atom stereocenters. The Morgan fingerprint density at radius 2 is 2.29 bits per heavy atom. The van der Waals surface area contributed by atoms with Crippen molar-refractivity contribution in [2.45, 2.75) is 45.3 Å². The van der Waals surface area contributed by atoms with Crippen LogP contribution in [0.2, 0.25) is 0 Å². The van der Waals surface area contributed by atoms with Crippen LogP contribution in [0, 0.1) is 0 Å². The van der Waals surface area contributed by atoms with Gasteiger partial charge in [-0.25, -0.2) is 9.97 Å². The Morgan fingerprint density at radius 3 is 2.92 bits per heavy atom. The number of carbonyl (C=O) groups excluding carboxylic acids is 1. The molecule has 1 aromatic rings. The van der Waals surface area contributed by atoms with E-state index in [0.29, 0.717) is 18.3 Å². The summed E-state index contributed by atoms with van der Waals surface area (Å²) in [5, 5.41) is 6.50. The summed E-state index contributed by atoms with van der Waals surface area (Å²) in [7, 11) is 3.60. The average Bonchev–Trinajstić information content (AvgIpc) is 2.59. The summed E-state index contributed by atoms with van der Waals surface area (Å²) in [5.41, 5.74) is 1.04. The van der Waals surface area contributed by atoms with Crippen molar-refractivity contribution >= 4 is 11.7 Å². The molecule has 0 aromatic carbocycles. The van der Waals surface area contributed by atoms with Crippen LogP contribution in [0.3, 0.4) is 0 Å². The maximum Gasteiger partial charge on any atom is 0.248 e. The standard InChI is InChI=1S/C17H29N5O2/c1-12(2)24-11-17(23)22(4)10-16-20-14(8-15(18-3)21-16)13-6-5-7-19-9-13/h8,12-13,19H,5-7,9-11H2,1-4H3,(H,18,20,21)/t13-/m0/s1. The topological polar surface area (TPSA) is 79.4 Å². The van der Waals surface area contributed by atoms with E-state index in [2.05, 4.69) is 15.6 Å². The van der Waals surface area contributed by atoms with E-state index >= 15 is 0 Å². The number of hydrogen-bond donors (Lipinski definition) is 2. The first-order chi connectivity index (χ1) is 11.5. The molecule has 1 amide bonds. The molecule has 1 saturated heterocycles. The van der Waals surface area contributed by atoms with Gasteiger partial charge in [0, 0.05) is 32.6 Å². The predicted octanol–water partition coefficient (Wildman–Crippen LogP) is 1.37. The van der Waals surface area contributed by atoms with Crippen LogP contribution in [0.4, 0.5) is 5.82 Å². The molecule has 134 valence electrons. The highest BCUT2D eigenvalue weighted by molar-refractivity contribution is 5.77. The molecule has 0 aliphatic carbocycles. The molecular weight excluding hydrogens is 306 g/mol. The van der Waals surface area contributed by atoms with Crippen molar-refractivity contribution in [1.82, 2.24) is 20.2 Å². The van der Waals surface area contributed by atoms with Gasteiger partial charge in [-0.3, -0.25) is 4.79 Å². The van der Waals surface area contributed by atoms with Crippen molar-refractivity contribution in [3.05, 3.63) is 17.6 Å². The minimum absolute atomic E-state index is 0.0385. The number of nitrogens with zero attached hydrogens (tertiary/aromatic N) is 3. The summed E-state index contributed by atoms with van der Waals surface area (Å²) >= 11 is 0. The van der Waals surface area contributed by atoms with Crippen LogP contribution in [0.5, 0.6) is 0 Å². The van der Waals surface area contributed by atoms with E-state index in [-0.39, 0.29) is 18.6 Å². The van der Waals surface area contributed by atoms with Gasteiger partial charge in [-0.05, 0) is 33.2 Å². The zero-order valence-electron chi connectivity index (χ0n) is 15.1. The highest BCUT2D eigenvalue weighted by Gasteiger charge is 2.19. The third kappa shape index (κ3) is 5.42. The molecule has 2 heterocycles. The number of aromatic nitrogens is 2. The lowest BCUT2D eigenvalue weighted by molar-refractivity contribution is -0.136. The lowest BCUT2D eigenvalue weighted by atomic mass is 9.96. The van der Waals surface area contributed by atoms with Gasteiger partial charge in [-0.2, -0.15) is 0 Å². The molecule has 0 radical (unpaired) electrons. The summed E-state index contributed by atoms with van der Waals surface area (Å²) in [6.45, 7) is 6.30. The normalized spacial score (nSPS) is 17.8. The molecule has 2 N–H and O–H groups in total. The van der Waals surface area contributed by atoms with Crippen molar-refractivity contribution in [2.75, 3.05) is 39.1 Å². The van der Waals surface area contributed by atoms with Crippen LogP contribution in [-0.4, -0.2) is 60.7 Å². The van der Waals surface area contributed by atoms with E-state index in [4.69, 9.17) is 9.72 Å². The van der Waals surface area contributed by atoms with Gasteiger partial charge in [0.25, 0.3) is 0 Å². The van der Waals surface area contributed by atoms with Gasteiger partial charge in [-0.1, -0.05) is 0 Å². The molecule has 1 fully saturated rings. The van der Waals surface area contributed by atoms with E-state index in [0.717, 1.165) is 37.4 Å². The number of likely N-dealkylation sites (N-methyl/N-ethyl adjacent to an activating group) is 1. The molecule has 1 atom stereocenters. The van der Waals surface area contributed by atoms with E-state index < -0.39 is 0 Å². The van der Waals surface area contributed by atoms with Crippen LogP contribution < -0.4 is 10.6 Å². The Bertz CT molecular complexity index is 544. The second kappa shape index (κ2) is 8.94. The number of hydrogen-bond acceptors (Lipinski definition) is 6. The van der Waals surface area contributed by atoms with Crippen molar-refractivity contribution in [1.29, 1.82) is 0 Å². The lowest BCUT2D eigenvalue weighted by Gasteiger charge is -2.23. The van der Waals surface area contributed by atoms with Gasteiger partial charge in [0.1, 0.15) is 18.2 Å². The minimum atomic E-state index is -0.0666. The quantitative estimate of drug-likeness (QED) is 0.783. The van der Waals surface area contributed by atoms with Gasteiger partial charge in [-0.15, -0.1) is 0 Å². The molecular formula is C17H29N5O2. The number of anilines is 1. The van der Waals surface area contributed by atoms with E-state index in [1.165, 1.54) is 0 Å². The molecule has 2 rings (SSSR count). The van der Waals surface area contributed by atoms with Crippen LogP contribution in [-0.2, 0) is 16.1 Å². The smallest absolute Gasteiger partial charge is 0.248 e. The molecule has 7 heteroatoms. The Kier molecular flexibility index (Phi) is 6.93. The first kappa shape index (κ1) is 18.6. The summed E-state index contributed by atoms with van der Waals surface area (Å²) < 4.78 is 5.37. The summed E-state index contributed by atoms with van der Waals surface area (Å²) in [4.78, 5) is 22.9. The van der Waals surface area contributed by atoms with Crippen LogP contribution in [0.15, 0.2) is 6.07 Å². The van der Waals surface area contributed by atoms with Gasteiger partial charge in [0.2, 0.25) is 5.91 Å². The average molecular weight is 335 g/mol. The molecule has 0 spiro atoms. The molecule has 1 aliphatic heterocycles. The fourth-order valence-electron chi connectivity index (χ4n) is 2.68. The number of amides is 1. The summed E-state index contributed by atoms with van der Waals surface area (Å²) in [6.07, 6.45) is 2.32. The largest absolute Gasteiger partial charge is 0.373 e. The number of carbonyl (C=O) groups is 1. The van der Waals surface area contributed by atoms with Gasteiger partial charge in [0.15, 0.2) is 0 Å². The molecule has 0 bridgehead atoms. The maximum atomic E-state index is 12.1. The molecule has 1 aliphatic rings. The fraction of sp³-hybridized carbons (Fsp3) is 0.706. The number of ether oxygens (including phenoxy) is 1. The predicted molar refractivity (Wildman–Crippen MR) is 94.0 cm³/mol. The van der Waals surface area contributed by atoms with E-state index in [1.54, 1.807) is 11.9 Å². The highest BCUT2D eigenvalue weighted by Crippen LogP contribution is 2.23. The third-order valence-corrected chi connectivity index (χ3v) is 4.11. The second-order valence-corrected chi connectivity index (χ2v) is 6.50. The number of piperidine rings is 1. The maximum absolute atomic E-state index is 12.1. The third-order valence-electron chi connectivity index (χ3n) is 4.11. The molecule has 7 nitrogen and oxygen atoms in total. The van der Waals surface area contributed by atoms with Gasteiger partial charge >= 0.3 is 0 Å². The van der Waals surface area contributed by atoms with Crippen molar-refractivity contribution in [2.24, 2.45) is 0 Å². The van der Waals surface area contributed by atoms with Crippen molar-refractivity contribution < 1.29 is 9.53 Å². The van der Waals surface area contributed by atoms with Crippen molar-refractivity contribution in [3.8, 4) is 0 Å². The van der Waals surface area contributed by atoms with Crippen LogP contribution >= 0.6 is 0 Å². The Hall–Kier alpha value is -1.73. The van der Waals surface area contributed by atoms with E-state index in [9.17, 15) is 4.79 Å². The Morgan fingerprint density at radius 1 is 1.50 bits per heavy atom. The zero-order chi connectivity index (χ0) is 17.5. The van der Waals surface area contributed by atoms with Gasteiger partial charge in [0.05, 0.1) is 18.3 Å². The van der Waals surface area contributed by atoms with Gasteiger partial charge < -0.3 is 20.3 Å². The first-order valence-corrected chi connectivity index (χ1v) is 8.61. The fourth-order valence-corrected chi connectivity index (χ4v) is 2.68. The van der Waals surface area contributed by atoms with Crippen LogP contribution in [0.1, 0.15) is 44.1 Å². The zero-order valence-corrected chi connectivity index (χ0v) is 15.1. The van der Waals surface area contributed by atoms with E-state index in [1.807, 2.05) is 27.0 Å². The Labute approximate surface area is 144 Å². The first-order valence-electron chi connectivity index (χ1n) is 8.61. The summed E-state index contributed by atoms with van der Waals surface area (Å²) in [5.74, 6) is 1.78. The Balaban J connectivity index is 2.06. The summed E-state index contributed by atoms with van der Waals surface area (Å²) in [6, 6.07) is 2.00.